The summed E-state index contributed by atoms with van der Waals surface area (Å²) in [4.78, 5) is 83.6. The van der Waals surface area contributed by atoms with Gasteiger partial charge in [0.15, 0.2) is 11.5 Å². The molecule has 3 aromatic heterocycles. The fraction of sp³-hybridized carbons (Fsp3) is 0.378. The fourth-order valence-electron chi connectivity index (χ4n) is 9.00. The molecule has 9 rings (SSSR count). The van der Waals surface area contributed by atoms with Gasteiger partial charge < -0.3 is 20.6 Å². The number of amides is 4. The third kappa shape index (κ3) is 7.51. The summed E-state index contributed by atoms with van der Waals surface area (Å²) in [6, 6.07) is 16.1. The molecule has 17 heteroatoms. The number of imide groups is 2. The summed E-state index contributed by atoms with van der Waals surface area (Å²) >= 11 is 0. The number of allylic oxidation sites excluding steroid dienone is 1. The number of pyridine rings is 1. The van der Waals surface area contributed by atoms with Gasteiger partial charge in [0.2, 0.25) is 17.8 Å². The Hall–Kier alpha value is -6.72. The molecule has 1 unspecified atom stereocenters. The third-order valence-electron chi connectivity index (χ3n) is 12.5. The van der Waals surface area contributed by atoms with Gasteiger partial charge in [0, 0.05) is 62.4 Å². The largest absolute Gasteiger partial charge is 0.385 e. The van der Waals surface area contributed by atoms with Crippen LogP contribution in [0, 0.1) is 0 Å². The molecule has 0 spiro atoms. The maximum atomic E-state index is 13.5. The van der Waals surface area contributed by atoms with E-state index in [4.69, 9.17) is 9.97 Å². The average molecular weight is 840 g/mol. The van der Waals surface area contributed by atoms with Crippen molar-refractivity contribution < 1.29 is 24.3 Å². The van der Waals surface area contributed by atoms with Crippen LogP contribution in [0.2, 0.25) is 0 Å². The molecule has 6 heterocycles. The number of unbranched alkanes of at least 4 members (excludes halogenated alkanes) is 1. The minimum Gasteiger partial charge on any atom is -0.385 e. The maximum absolute atomic E-state index is 13.5. The van der Waals surface area contributed by atoms with Crippen LogP contribution < -0.4 is 26.4 Å². The lowest BCUT2D eigenvalue weighted by molar-refractivity contribution is -0.136. The van der Waals surface area contributed by atoms with Crippen LogP contribution in [0.15, 0.2) is 78.2 Å². The second-order valence-electron chi connectivity index (χ2n) is 16.3. The number of aromatic nitrogens is 5. The van der Waals surface area contributed by atoms with Gasteiger partial charge in [-0.1, -0.05) is 19.1 Å². The highest BCUT2D eigenvalue weighted by Gasteiger charge is 2.44. The van der Waals surface area contributed by atoms with Crippen molar-refractivity contribution in [1.82, 2.24) is 39.4 Å². The minimum absolute atomic E-state index is 0.0827. The number of rotatable bonds is 14. The molecule has 3 aliphatic heterocycles. The predicted molar refractivity (Wildman–Crippen MR) is 233 cm³/mol. The highest BCUT2D eigenvalue weighted by Crippen LogP contribution is 2.38. The Morgan fingerprint density at radius 3 is 2.45 bits per heavy atom. The number of piperazine rings is 1. The lowest BCUT2D eigenvalue weighted by atomic mass is 9.98. The van der Waals surface area contributed by atoms with Gasteiger partial charge in [0.1, 0.15) is 17.0 Å². The van der Waals surface area contributed by atoms with E-state index in [1.54, 1.807) is 29.0 Å². The van der Waals surface area contributed by atoms with Gasteiger partial charge >= 0.3 is 0 Å². The lowest BCUT2D eigenvalue weighted by Gasteiger charge is -2.36. The SMILES string of the molecule is C=CCn1c(=O)c2cnc(Nc3ccc(N4CCN(CCCCNc5ccc6c(c5)C(=O)N(C5CCC(=O)NC5=O)C6=O)CC4)cc3)nc2n1-c1ccc2c(n1)[C@@](O)(CC)CC2. The number of fused-ring (bicyclic) bond motifs is 3. The molecular formula is C45H49N11O6. The highest BCUT2D eigenvalue weighted by molar-refractivity contribution is 6.23. The molecule has 4 aliphatic rings. The molecule has 320 valence electrons. The molecule has 0 bridgehead atoms. The number of anilines is 4. The molecule has 62 heavy (non-hydrogen) atoms. The molecule has 4 N–H and O–H groups in total. The van der Waals surface area contributed by atoms with E-state index in [9.17, 15) is 29.1 Å². The highest BCUT2D eigenvalue weighted by atomic mass is 16.3. The number of aliphatic hydroxyl groups is 1. The van der Waals surface area contributed by atoms with Crippen LogP contribution in [0.4, 0.5) is 23.0 Å². The zero-order valence-corrected chi connectivity index (χ0v) is 34.6. The molecular weight excluding hydrogens is 791 g/mol. The summed E-state index contributed by atoms with van der Waals surface area (Å²) in [5.74, 6) is -1.22. The van der Waals surface area contributed by atoms with Gasteiger partial charge in [-0.15, -0.1) is 6.58 Å². The molecule has 2 aromatic carbocycles. The number of carbonyl (C=O) groups excluding carboxylic acids is 4. The van der Waals surface area contributed by atoms with Gasteiger partial charge in [0.25, 0.3) is 17.4 Å². The summed E-state index contributed by atoms with van der Waals surface area (Å²) < 4.78 is 3.22. The van der Waals surface area contributed by atoms with Gasteiger partial charge in [-0.2, -0.15) is 4.98 Å². The number of nitrogens with zero attached hydrogens (tertiary/aromatic N) is 8. The summed E-state index contributed by atoms with van der Waals surface area (Å²) in [5, 5.41) is 20.5. The van der Waals surface area contributed by atoms with E-state index >= 15 is 0 Å². The van der Waals surface area contributed by atoms with E-state index < -0.39 is 35.3 Å². The van der Waals surface area contributed by atoms with Crippen molar-refractivity contribution >= 4 is 57.7 Å². The van der Waals surface area contributed by atoms with Crippen molar-refractivity contribution in [3.8, 4) is 5.82 Å². The maximum Gasteiger partial charge on any atom is 0.278 e. The molecule has 0 saturated carbocycles. The Kier molecular flexibility index (Phi) is 10.9. The summed E-state index contributed by atoms with van der Waals surface area (Å²) in [6.07, 6.45) is 7.22. The van der Waals surface area contributed by atoms with Crippen LogP contribution in [-0.4, -0.2) is 108 Å². The molecule has 2 atom stereocenters. The zero-order chi connectivity index (χ0) is 43.1. The first-order valence-electron chi connectivity index (χ1n) is 21.3. The van der Waals surface area contributed by atoms with Gasteiger partial charge in [-0.25, -0.2) is 19.3 Å². The van der Waals surface area contributed by atoms with Crippen molar-refractivity contribution in [3.05, 3.63) is 106 Å². The second-order valence-corrected chi connectivity index (χ2v) is 16.3. The quantitative estimate of drug-likeness (QED) is 0.0715. The Balaban J connectivity index is 0.764. The Morgan fingerprint density at radius 2 is 1.69 bits per heavy atom. The summed E-state index contributed by atoms with van der Waals surface area (Å²) in [5.41, 5.74) is 3.99. The van der Waals surface area contributed by atoms with Crippen molar-refractivity contribution in [2.24, 2.45) is 0 Å². The number of carbonyl (C=O) groups is 4. The minimum atomic E-state index is -1.00. The van der Waals surface area contributed by atoms with Crippen molar-refractivity contribution in [2.75, 3.05) is 54.8 Å². The number of benzene rings is 2. The van der Waals surface area contributed by atoms with Crippen LogP contribution in [0.1, 0.15) is 77.4 Å². The van der Waals surface area contributed by atoms with Crippen molar-refractivity contribution in [2.45, 2.75) is 70.1 Å². The van der Waals surface area contributed by atoms with Crippen LogP contribution in [0.5, 0.6) is 0 Å². The number of hydrogen-bond donors (Lipinski definition) is 4. The van der Waals surface area contributed by atoms with Crippen LogP contribution in [0.3, 0.4) is 0 Å². The second kappa shape index (κ2) is 16.6. The monoisotopic (exact) mass is 839 g/mol. The first-order valence-corrected chi connectivity index (χ1v) is 21.3. The lowest BCUT2D eigenvalue weighted by Crippen LogP contribution is -2.54. The molecule has 2 saturated heterocycles. The third-order valence-corrected chi connectivity index (χ3v) is 12.5. The van der Waals surface area contributed by atoms with E-state index in [1.807, 2.05) is 31.2 Å². The zero-order valence-electron chi connectivity index (χ0n) is 34.6. The number of aryl methyl sites for hydroxylation is 1. The number of piperidine rings is 1. The molecule has 0 radical (unpaired) electrons. The van der Waals surface area contributed by atoms with E-state index in [2.05, 4.69) is 49.4 Å². The Morgan fingerprint density at radius 1 is 0.919 bits per heavy atom. The normalized spacial score (nSPS) is 20.1. The standard InChI is InChI=1S/C45H49N11O6/c1-3-20-54-41(59)34-27-47-44(51-39(34)56(54)36-15-7-28-17-18-45(62,4-2)38(28)49-36)48-29-8-11-31(12-9-29)53-24-22-52(23-25-53)21-6-5-19-46-30-10-13-32-33(26-30)43(61)55(42(32)60)35-14-16-37(57)50-40(35)58/h3,7-13,15,26-27,35,46,62H,1,4-6,14,16-25H2,2H3,(H,47,48,51)(H,50,57,58)/t35?,45-/m1/s1. The summed E-state index contributed by atoms with van der Waals surface area (Å²) in [7, 11) is 0. The predicted octanol–water partition coefficient (Wildman–Crippen LogP) is 3.87. The van der Waals surface area contributed by atoms with Crippen molar-refractivity contribution in [1.29, 1.82) is 0 Å². The van der Waals surface area contributed by atoms with Gasteiger partial charge in [-0.05, 0) is 99.2 Å². The summed E-state index contributed by atoms with van der Waals surface area (Å²) in [6.45, 7) is 11.4. The molecule has 1 aliphatic carbocycles. The van der Waals surface area contributed by atoms with E-state index in [0.717, 1.165) is 79.5 Å². The fourth-order valence-corrected chi connectivity index (χ4v) is 9.00. The smallest absolute Gasteiger partial charge is 0.278 e. The number of hydrogen-bond acceptors (Lipinski definition) is 13. The topological polar surface area (TPSA) is 200 Å². The van der Waals surface area contributed by atoms with Gasteiger partial charge in [0.05, 0.1) is 23.4 Å². The van der Waals surface area contributed by atoms with Crippen LogP contribution in [-0.2, 0) is 28.2 Å². The first-order chi connectivity index (χ1) is 30.0. The van der Waals surface area contributed by atoms with Gasteiger partial charge in [-0.3, -0.25) is 39.1 Å². The average Bonchev–Trinajstić information content (AvgIpc) is 3.85. The Bertz CT molecular complexity index is 2670. The van der Waals surface area contributed by atoms with E-state index in [0.29, 0.717) is 47.9 Å². The molecule has 2 fully saturated rings. The first kappa shape index (κ1) is 40.7. The van der Waals surface area contributed by atoms with Crippen molar-refractivity contribution in [3.63, 3.8) is 0 Å². The van der Waals surface area contributed by atoms with E-state index in [1.165, 1.54) is 10.9 Å². The number of nitrogens with one attached hydrogen (secondary N) is 3. The molecule has 17 nitrogen and oxygen atoms in total. The molecule has 5 aromatic rings. The van der Waals surface area contributed by atoms with Crippen LogP contribution >= 0.6 is 0 Å². The molecule has 4 amide bonds. The Labute approximate surface area is 357 Å². The van der Waals surface area contributed by atoms with E-state index in [-0.39, 0.29) is 36.1 Å². The van der Waals surface area contributed by atoms with Crippen LogP contribution in [0.25, 0.3) is 16.9 Å².